The van der Waals surface area contributed by atoms with Crippen molar-refractivity contribution in [3.8, 4) is 0 Å². The predicted octanol–water partition coefficient (Wildman–Crippen LogP) is 2.84. The quantitative estimate of drug-likeness (QED) is 0.644. The van der Waals surface area contributed by atoms with Gasteiger partial charge in [-0.1, -0.05) is 0 Å². The number of rotatable bonds is 5. The average molecular weight is 414 g/mol. The highest BCUT2D eigenvalue weighted by Gasteiger charge is 2.21. The van der Waals surface area contributed by atoms with E-state index in [1.165, 1.54) is 23.6 Å². The maximum absolute atomic E-state index is 13.4. The van der Waals surface area contributed by atoms with Gasteiger partial charge in [-0.3, -0.25) is 9.78 Å². The molecule has 0 aliphatic carbocycles. The molecular weight excluding hydrogens is 395 g/mol. The number of fused-ring (bicyclic) bond motifs is 1. The molecular formula is C19H19FN6O2S. The van der Waals surface area contributed by atoms with E-state index in [1.807, 2.05) is 6.92 Å². The van der Waals surface area contributed by atoms with Gasteiger partial charge in [0, 0.05) is 30.8 Å². The first-order chi connectivity index (χ1) is 14.0. The van der Waals surface area contributed by atoms with Crippen LogP contribution in [-0.4, -0.2) is 51.3 Å². The number of nitrogens with zero attached hydrogens (tertiary/aromatic N) is 5. The highest BCUT2D eigenvalue weighted by molar-refractivity contribution is 7.18. The summed E-state index contributed by atoms with van der Waals surface area (Å²) in [4.78, 5) is 34.1. The lowest BCUT2D eigenvalue weighted by Crippen LogP contribution is -2.30. The first kappa shape index (κ1) is 19.5. The summed E-state index contributed by atoms with van der Waals surface area (Å²) in [6.45, 7) is 5.44. The van der Waals surface area contributed by atoms with Crippen molar-refractivity contribution in [1.29, 1.82) is 0 Å². The predicted molar refractivity (Wildman–Crippen MR) is 107 cm³/mol. The zero-order valence-electron chi connectivity index (χ0n) is 16.0. The van der Waals surface area contributed by atoms with E-state index in [4.69, 9.17) is 4.74 Å². The van der Waals surface area contributed by atoms with Gasteiger partial charge in [0.25, 0.3) is 11.9 Å². The number of amides is 1. The van der Waals surface area contributed by atoms with Crippen LogP contribution >= 0.6 is 11.3 Å². The van der Waals surface area contributed by atoms with Crippen molar-refractivity contribution in [3.63, 3.8) is 0 Å². The highest BCUT2D eigenvalue weighted by atomic mass is 32.1. The van der Waals surface area contributed by atoms with Crippen LogP contribution in [0.4, 0.5) is 10.3 Å². The van der Waals surface area contributed by atoms with Gasteiger partial charge < -0.3 is 10.1 Å². The second-order valence-corrected chi connectivity index (χ2v) is 7.99. The summed E-state index contributed by atoms with van der Waals surface area (Å²) in [6, 6.07) is 1.33. The lowest BCUT2D eigenvalue weighted by Gasteiger charge is -2.09. The number of thiazole rings is 1. The van der Waals surface area contributed by atoms with Gasteiger partial charge in [0.05, 0.1) is 23.5 Å². The minimum atomic E-state index is -0.459. The number of aromatic nitrogens is 4. The number of carbonyl (C=O) groups is 1. The van der Waals surface area contributed by atoms with E-state index in [0.29, 0.717) is 40.7 Å². The van der Waals surface area contributed by atoms with Crippen LogP contribution in [0.25, 0.3) is 10.3 Å². The summed E-state index contributed by atoms with van der Waals surface area (Å²) in [5.74, 6) is -0.354. The summed E-state index contributed by atoms with van der Waals surface area (Å²) < 4.78 is 19.4. The van der Waals surface area contributed by atoms with Gasteiger partial charge in [0.15, 0.2) is 11.3 Å². The number of pyridine rings is 1. The average Bonchev–Trinajstić information content (AvgIpc) is 3.34. The number of hydrogen-bond donors (Lipinski definition) is 1. The Bertz CT molecular complexity index is 1090. The molecule has 0 bridgehead atoms. The number of carbonyl (C=O) groups excluding carboxylic acids is 1. The maximum atomic E-state index is 13.4. The van der Waals surface area contributed by atoms with E-state index in [9.17, 15) is 9.18 Å². The largest absolute Gasteiger partial charge is 0.381 e. The van der Waals surface area contributed by atoms with E-state index in [2.05, 4.69) is 30.2 Å². The Morgan fingerprint density at radius 2 is 2.24 bits per heavy atom. The third kappa shape index (κ3) is 4.43. The molecule has 8 nitrogen and oxygen atoms in total. The Morgan fingerprint density at radius 3 is 3.00 bits per heavy atom. The van der Waals surface area contributed by atoms with Crippen LogP contribution in [0.2, 0.25) is 0 Å². The summed E-state index contributed by atoms with van der Waals surface area (Å²) in [7, 11) is 0. The Hall–Kier alpha value is -2.85. The van der Waals surface area contributed by atoms with E-state index in [0.717, 1.165) is 24.2 Å². The molecule has 1 amide bonds. The number of nitrogens with one attached hydrogen (secondary N) is 1. The molecule has 4 heterocycles. The van der Waals surface area contributed by atoms with Gasteiger partial charge in [-0.05, 0) is 26.3 Å². The van der Waals surface area contributed by atoms with Crippen molar-refractivity contribution < 1.29 is 13.9 Å². The second kappa shape index (κ2) is 8.26. The van der Waals surface area contributed by atoms with Crippen LogP contribution in [-0.2, 0) is 4.74 Å². The fourth-order valence-electron chi connectivity index (χ4n) is 3.01. The molecule has 1 fully saturated rings. The molecule has 0 unspecified atom stereocenters. The van der Waals surface area contributed by atoms with Crippen molar-refractivity contribution in [2.75, 3.05) is 19.8 Å². The number of ether oxygens (including phenoxy) is 1. The van der Waals surface area contributed by atoms with Crippen LogP contribution in [0, 0.1) is 18.7 Å². The molecule has 1 aliphatic rings. The zero-order chi connectivity index (χ0) is 20.4. The van der Waals surface area contributed by atoms with Crippen molar-refractivity contribution in [2.45, 2.75) is 20.3 Å². The third-order valence-corrected chi connectivity index (χ3v) is 5.50. The number of hydrogen-bond acceptors (Lipinski definition) is 8. The first-order valence-electron chi connectivity index (χ1n) is 9.17. The molecule has 0 radical (unpaired) electrons. The van der Waals surface area contributed by atoms with E-state index in [-0.39, 0.29) is 17.5 Å². The van der Waals surface area contributed by atoms with Gasteiger partial charge in [0.2, 0.25) is 0 Å². The molecule has 1 N–H and O–H groups in total. The lowest BCUT2D eigenvalue weighted by atomic mass is 10.1. The van der Waals surface area contributed by atoms with E-state index in [1.54, 1.807) is 6.92 Å². The van der Waals surface area contributed by atoms with Crippen molar-refractivity contribution in [2.24, 2.45) is 10.9 Å². The van der Waals surface area contributed by atoms with Crippen LogP contribution in [0.3, 0.4) is 0 Å². The third-order valence-electron chi connectivity index (χ3n) is 4.53. The Balaban J connectivity index is 1.66. The van der Waals surface area contributed by atoms with Gasteiger partial charge in [0.1, 0.15) is 10.5 Å². The Labute approximate surface area is 170 Å². The minimum Gasteiger partial charge on any atom is -0.381 e. The molecule has 0 spiro atoms. The van der Waals surface area contributed by atoms with E-state index < -0.39 is 5.82 Å². The fraction of sp³-hybridized carbons (Fsp3) is 0.368. The van der Waals surface area contributed by atoms with Crippen molar-refractivity contribution in [1.82, 2.24) is 25.3 Å². The molecule has 1 aliphatic heterocycles. The molecule has 150 valence electrons. The standard InChI is InChI=1S/C19H19FN6O2S/c1-10(13-5-14(20)8-21-7-13)23-19-25-15(16-17(26-19)24-11(2)29-16)18(27)22-6-12-3-4-28-9-12/h5,7-8,12H,3-4,6,9H2,1-2H3,(H,22,27)/b23-10+/t12-/m0/s1. The molecule has 10 heteroatoms. The zero-order valence-corrected chi connectivity index (χ0v) is 16.8. The number of aryl methyl sites for hydroxylation is 1. The van der Waals surface area contributed by atoms with Crippen LogP contribution in [0.5, 0.6) is 0 Å². The molecule has 4 rings (SSSR count). The molecule has 0 saturated carbocycles. The van der Waals surface area contributed by atoms with Gasteiger partial charge >= 0.3 is 0 Å². The molecule has 3 aromatic heterocycles. The normalized spacial score (nSPS) is 17.1. The summed E-state index contributed by atoms with van der Waals surface area (Å²) in [6.07, 6.45) is 3.55. The second-order valence-electron chi connectivity index (χ2n) is 6.79. The number of halogens is 1. The molecule has 29 heavy (non-hydrogen) atoms. The van der Waals surface area contributed by atoms with Crippen LogP contribution < -0.4 is 5.32 Å². The highest BCUT2D eigenvalue weighted by Crippen LogP contribution is 2.25. The molecule has 1 saturated heterocycles. The summed E-state index contributed by atoms with van der Waals surface area (Å²) in [5, 5.41) is 3.70. The van der Waals surface area contributed by atoms with Gasteiger partial charge in [-0.2, -0.15) is 4.98 Å². The fourth-order valence-corrected chi connectivity index (χ4v) is 3.85. The van der Waals surface area contributed by atoms with Crippen molar-refractivity contribution >= 4 is 39.3 Å². The minimum absolute atomic E-state index is 0.0962. The lowest BCUT2D eigenvalue weighted by molar-refractivity contribution is 0.0942. The topological polar surface area (TPSA) is 102 Å². The molecule has 0 aromatic carbocycles. The maximum Gasteiger partial charge on any atom is 0.271 e. The monoisotopic (exact) mass is 414 g/mol. The smallest absolute Gasteiger partial charge is 0.271 e. The molecule has 1 atom stereocenters. The summed E-state index contributed by atoms with van der Waals surface area (Å²) >= 11 is 1.36. The Morgan fingerprint density at radius 1 is 1.38 bits per heavy atom. The van der Waals surface area contributed by atoms with Crippen LogP contribution in [0.1, 0.15) is 34.4 Å². The van der Waals surface area contributed by atoms with Crippen LogP contribution in [0.15, 0.2) is 23.5 Å². The Kier molecular flexibility index (Phi) is 5.54. The number of aliphatic imine (C=N–C) groups is 1. The van der Waals surface area contributed by atoms with Gasteiger partial charge in [-0.25, -0.2) is 19.4 Å². The van der Waals surface area contributed by atoms with Crippen molar-refractivity contribution in [3.05, 3.63) is 40.5 Å². The molecule has 3 aromatic rings. The van der Waals surface area contributed by atoms with Gasteiger partial charge in [-0.15, -0.1) is 11.3 Å². The summed E-state index contributed by atoms with van der Waals surface area (Å²) in [5.41, 5.74) is 1.65. The SMILES string of the molecule is C/C(=N\c1nc(C(=O)NC[C@@H]2CCOC2)c2sc(C)nc2n1)c1cncc(F)c1. The van der Waals surface area contributed by atoms with E-state index >= 15 is 0 Å². The first-order valence-corrected chi connectivity index (χ1v) is 9.98.